The standard InChI is InChI=1S/C14H18BrNO2/c15-13-8-7-11(9-12(13)14(17)18)16-10-5-3-1-2-4-6-10/h7-10,16H,1-6H2,(H,17,18). The highest BCUT2D eigenvalue weighted by atomic mass is 79.9. The summed E-state index contributed by atoms with van der Waals surface area (Å²) in [5.74, 6) is -0.897. The van der Waals surface area contributed by atoms with Crippen molar-refractivity contribution >= 4 is 27.6 Å². The van der Waals surface area contributed by atoms with E-state index >= 15 is 0 Å². The molecular formula is C14H18BrNO2. The van der Waals surface area contributed by atoms with Crippen LogP contribution < -0.4 is 5.32 Å². The zero-order chi connectivity index (χ0) is 13.0. The molecule has 1 fully saturated rings. The molecule has 1 aliphatic carbocycles. The lowest BCUT2D eigenvalue weighted by atomic mass is 10.1. The molecule has 0 bridgehead atoms. The summed E-state index contributed by atoms with van der Waals surface area (Å²) in [7, 11) is 0. The number of carboxylic acid groups (broad SMARTS) is 1. The molecule has 0 amide bonds. The van der Waals surface area contributed by atoms with Crippen molar-refractivity contribution in [1.82, 2.24) is 0 Å². The van der Waals surface area contributed by atoms with Crippen LogP contribution in [0.1, 0.15) is 48.9 Å². The lowest BCUT2D eigenvalue weighted by molar-refractivity contribution is 0.0696. The number of hydrogen-bond donors (Lipinski definition) is 2. The van der Waals surface area contributed by atoms with Crippen LogP contribution >= 0.6 is 15.9 Å². The molecule has 0 heterocycles. The minimum absolute atomic E-state index is 0.314. The average molecular weight is 312 g/mol. The molecular weight excluding hydrogens is 294 g/mol. The van der Waals surface area contributed by atoms with Gasteiger partial charge in [-0.3, -0.25) is 0 Å². The van der Waals surface area contributed by atoms with Crippen molar-refractivity contribution in [2.24, 2.45) is 0 Å². The van der Waals surface area contributed by atoms with Gasteiger partial charge >= 0.3 is 5.97 Å². The summed E-state index contributed by atoms with van der Waals surface area (Å²) < 4.78 is 0.626. The van der Waals surface area contributed by atoms with E-state index in [1.165, 1.54) is 38.5 Å². The fraction of sp³-hybridized carbons (Fsp3) is 0.500. The van der Waals surface area contributed by atoms with Crippen LogP contribution in [-0.2, 0) is 0 Å². The SMILES string of the molecule is O=C(O)c1cc(NC2CCCCCC2)ccc1Br. The minimum Gasteiger partial charge on any atom is -0.478 e. The third-order valence-electron chi connectivity index (χ3n) is 3.42. The largest absolute Gasteiger partial charge is 0.478 e. The molecule has 1 aromatic carbocycles. The first-order valence-corrected chi connectivity index (χ1v) is 7.25. The van der Waals surface area contributed by atoms with Crippen LogP contribution in [0, 0.1) is 0 Å². The first kappa shape index (κ1) is 13.4. The highest BCUT2D eigenvalue weighted by molar-refractivity contribution is 9.10. The first-order chi connectivity index (χ1) is 8.66. The summed E-state index contributed by atoms with van der Waals surface area (Å²) >= 11 is 3.26. The van der Waals surface area contributed by atoms with Crippen molar-refractivity contribution in [2.45, 2.75) is 44.6 Å². The van der Waals surface area contributed by atoms with Gasteiger partial charge in [0.25, 0.3) is 0 Å². The predicted octanol–water partition coefficient (Wildman–Crippen LogP) is 4.28. The highest BCUT2D eigenvalue weighted by Crippen LogP contribution is 2.25. The van der Waals surface area contributed by atoms with Gasteiger partial charge in [0.05, 0.1) is 5.56 Å². The molecule has 0 aliphatic heterocycles. The summed E-state index contributed by atoms with van der Waals surface area (Å²) in [6.07, 6.45) is 7.52. The number of carbonyl (C=O) groups is 1. The van der Waals surface area contributed by atoms with Gasteiger partial charge in [-0.25, -0.2) is 4.79 Å². The Morgan fingerprint density at radius 3 is 2.50 bits per heavy atom. The summed E-state index contributed by atoms with van der Waals surface area (Å²) in [6, 6.07) is 5.91. The van der Waals surface area contributed by atoms with Gasteiger partial charge in [-0.2, -0.15) is 0 Å². The van der Waals surface area contributed by atoms with E-state index in [0.29, 0.717) is 16.1 Å². The van der Waals surface area contributed by atoms with E-state index in [4.69, 9.17) is 5.11 Å². The van der Waals surface area contributed by atoms with E-state index in [2.05, 4.69) is 21.2 Å². The Balaban J connectivity index is 2.08. The third-order valence-corrected chi connectivity index (χ3v) is 4.11. The van der Waals surface area contributed by atoms with Gasteiger partial charge in [0.2, 0.25) is 0 Å². The molecule has 1 aliphatic rings. The molecule has 0 spiro atoms. The van der Waals surface area contributed by atoms with Gasteiger partial charge in [0.15, 0.2) is 0 Å². The van der Waals surface area contributed by atoms with Crippen LogP contribution in [-0.4, -0.2) is 17.1 Å². The zero-order valence-electron chi connectivity index (χ0n) is 10.3. The minimum atomic E-state index is -0.897. The maximum atomic E-state index is 11.1. The van der Waals surface area contributed by atoms with Crippen LogP contribution in [0.3, 0.4) is 0 Å². The normalized spacial score (nSPS) is 17.2. The lowest BCUT2D eigenvalue weighted by Gasteiger charge is -2.18. The third kappa shape index (κ3) is 3.48. The van der Waals surface area contributed by atoms with Crippen molar-refractivity contribution in [2.75, 3.05) is 5.32 Å². The summed E-state index contributed by atoms with van der Waals surface area (Å²) in [4.78, 5) is 11.1. The van der Waals surface area contributed by atoms with Crippen LogP contribution in [0.25, 0.3) is 0 Å². The number of benzene rings is 1. The van der Waals surface area contributed by atoms with E-state index in [-0.39, 0.29) is 0 Å². The Hall–Kier alpha value is -1.03. The number of halogens is 1. The number of nitrogens with one attached hydrogen (secondary N) is 1. The Bertz CT molecular complexity index is 426. The predicted molar refractivity (Wildman–Crippen MR) is 76.2 cm³/mol. The molecule has 18 heavy (non-hydrogen) atoms. The van der Waals surface area contributed by atoms with E-state index in [1.807, 2.05) is 6.07 Å². The maximum Gasteiger partial charge on any atom is 0.336 e. The van der Waals surface area contributed by atoms with Gasteiger partial charge in [0.1, 0.15) is 0 Å². The number of aromatic carboxylic acids is 1. The highest BCUT2D eigenvalue weighted by Gasteiger charge is 2.14. The fourth-order valence-corrected chi connectivity index (χ4v) is 2.85. The second kappa shape index (κ2) is 6.23. The van der Waals surface area contributed by atoms with Crippen molar-refractivity contribution < 1.29 is 9.90 Å². The zero-order valence-corrected chi connectivity index (χ0v) is 11.9. The van der Waals surface area contributed by atoms with Crippen molar-refractivity contribution in [3.63, 3.8) is 0 Å². The molecule has 0 radical (unpaired) electrons. The van der Waals surface area contributed by atoms with Gasteiger partial charge in [-0.15, -0.1) is 0 Å². The number of anilines is 1. The summed E-state index contributed by atoms with van der Waals surface area (Å²) in [5, 5.41) is 12.5. The summed E-state index contributed by atoms with van der Waals surface area (Å²) in [5.41, 5.74) is 1.22. The van der Waals surface area contributed by atoms with E-state index in [1.54, 1.807) is 12.1 Å². The van der Waals surface area contributed by atoms with E-state index in [0.717, 1.165) is 5.69 Å². The van der Waals surface area contributed by atoms with E-state index < -0.39 is 5.97 Å². The Morgan fingerprint density at radius 1 is 1.22 bits per heavy atom. The van der Waals surface area contributed by atoms with Crippen molar-refractivity contribution in [3.05, 3.63) is 28.2 Å². The van der Waals surface area contributed by atoms with E-state index in [9.17, 15) is 4.79 Å². The smallest absolute Gasteiger partial charge is 0.336 e. The van der Waals surface area contributed by atoms with Crippen LogP contribution in [0.5, 0.6) is 0 Å². The molecule has 1 aromatic rings. The number of rotatable bonds is 3. The number of carboxylic acids is 1. The van der Waals surface area contributed by atoms with Gasteiger partial charge in [0, 0.05) is 16.2 Å². The molecule has 2 rings (SSSR count). The molecule has 98 valence electrons. The van der Waals surface area contributed by atoms with Crippen LogP contribution in [0.15, 0.2) is 22.7 Å². The topological polar surface area (TPSA) is 49.3 Å². The van der Waals surface area contributed by atoms with Crippen LogP contribution in [0.4, 0.5) is 5.69 Å². The molecule has 0 aromatic heterocycles. The number of hydrogen-bond acceptors (Lipinski definition) is 2. The molecule has 0 saturated heterocycles. The molecule has 0 unspecified atom stereocenters. The quantitative estimate of drug-likeness (QED) is 0.819. The van der Waals surface area contributed by atoms with Crippen molar-refractivity contribution in [1.29, 1.82) is 0 Å². The molecule has 2 N–H and O–H groups in total. The Kier molecular flexibility index (Phi) is 4.64. The Morgan fingerprint density at radius 2 is 1.89 bits per heavy atom. The van der Waals surface area contributed by atoms with Gasteiger partial charge in [-0.1, -0.05) is 25.7 Å². The molecule has 0 atom stereocenters. The first-order valence-electron chi connectivity index (χ1n) is 6.46. The van der Waals surface area contributed by atoms with Gasteiger partial charge in [-0.05, 0) is 47.0 Å². The van der Waals surface area contributed by atoms with Gasteiger partial charge < -0.3 is 10.4 Å². The lowest BCUT2D eigenvalue weighted by Crippen LogP contribution is -2.18. The second-order valence-electron chi connectivity index (χ2n) is 4.83. The monoisotopic (exact) mass is 311 g/mol. The molecule has 1 saturated carbocycles. The molecule has 3 nitrogen and oxygen atoms in total. The maximum absolute atomic E-state index is 11.1. The molecule has 4 heteroatoms. The average Bonchev–Trinajstić information content (AvgIpc) is 2.60. The van der Waals surface area contributed by atoms with Crippen LogP contribution in [0.2, 0.25) is 0 Å². The summed E-state index contributed by atoms with van der Waals surface area (Å²) in [6.45, 7) is 0. The fourth-order valence-electron chi connectivity index (χ4n) is 2.44. The van der Waals surface area contributed by atoms with Crippen molar-refractivity contribution in [3.8, 4) is 0 Å². The Labute approximate surface area is 116 Å². The second-order valence-corrected chi connectivity index (χ2v) is 5.69.